The summed E-state index contributed by atoms with van der Waals surface area (Å²) < 4.78 is 0. The van der Waals surface area contributed by atoms with Crippen LogP contribution in [0.1, 0.15) is 5.56 Å². The highest BCUT2D eigenvalue weighted by Crippen LogP contribution is 2.23. The van der Waals surface area contributed by atoms with E-state index in [1.807, 2.05) is 18.2 Å². The molecule has 2 aromatic rings. The van der Waals surface area contributed by atoms with Crippen molar-refractivity contribution in [3.8, 4) is 0 Å². The zero-order chi connectivity index (χ0) is 13.0. The van der Waals surface area contributed by atoms with Gasteiger partial charge in [0.25, 0.3) is 0 Å². The Labute approximate surface area is 120 Å². The van der Waals surface area contributed by atoms with E-state index in [1.54, 1.807) is 30.5 Å². The van der Waals surface area contributed by atoms with E-state index >= 15 is 0 Å². The van der Waals surface area contributed by atoms with Crippen LogP contribution in [0.25, 0.3) is 0 Å². The lowest BCUT2D eigenvalue weighted by Gasteiger charge is -2.03. The summed E-state index contributed by atoms with van der Waals surface area (Å²) in [6.45, 7) is 0. The van der Waals surface area contributed by atoms with Crippen LogP contribution in [0, 0.1) is 0 Å². The molecule has 0 atom stereocenters. The van der Waals surface area contributed by atoms with Gasteiger partial charge >= 0.3 is 0 Å². The van der Waals surface area contributed by atoms with Crippen molar-refractivity contribution in [3.63, 3.8) is 0 Å². The van der Waals surface area contributed by atoms with Gasteiger partial charge in [-0.05, 0) is 24.3 Å². The Bertz CT molecular complexity index is 562. The lowest BCUT2D eigenvalue weighted by Crippen LogP contribution is -1.92. The Morgan fingerprint density at radius 2 is 1.44 bits per heavy atom. The third kappa shape index (κ3) is 3.16. The Morgan fingerprint density at radius 1 is 0.833 bits per heavy atom. The summed E-state index contributed by atoms with van der Waals surface area (Å²) >= 11 is 18.0. The van der Waals surface area contributed by atoms with Gasteiger partial charge < -0.3 is 0 Å². The molecule has 0 bridgehead atoms. The van der Waals surface area contributed by atoms with E-state index in [0.29, 0.717) is 20.6 Å². The van der Waals surface area contributed by atoms with Gasteiger partial charge in [0.2, 0.25) is 0 Å². The number of hydrogen-bond acceptors (Lipinski definition) is 2. The zero-order valence-corrected chi connectivity index (χ0v) is 11.5. The molecule has 5 heteroatoms. The molecule has 0 aliphatic heterocycles. The first kappa shape index (κ1) is 13.2. The molecule has 0 amide bonds. The van der Waals surface area contributed by atoms with Gasteiger partial charge in [0, 0.05) is 5.56 Å². The van der Waals surface area contributed by atoms with Gasteiger partial charge in [-0.2, -0.15) is 5.10 Å². The van der Waals surface area contributed by atoms with E-state index in [4.69, 9.17) is 34.8 Å². The average Bonchev–Trinajstić information content (AvgIpc) is 2.35. The summed E-state index contributed by atoms with van der Waals surface area (Å²) in [6, 6.07) is 12.6. The number of hydrogen-bond donors (Lipinski definition) is 1. The lowest BCUT2D eigenvalue weighted by atomic mass is 10.2. The van der Waals surface area contributed by atoms with Crippen molar-refractivity contribution < 1.29 is 0 Å². The number of anilines is 1. The van der Waals surface area contributed by atoms with Crippen LogP contribution in [0.4, 0.5) is 5.69 Å². The second-order valence-electron chi connectivity index (χ2n) is 3.49. The maximum absolute atomic E-state index is 6.01. The van der Waals surface area contributed by atoms with Crippen LogP contribution < -0.4 is 5.43 Å². The van der Waals surface area contributed by atoms with E-state index in [2.05, 4.69) is 10.5 Å². The molecule has 92 valence electrons. The van der Waals surface area contributed by atoms with Crippen LogP contribution in [-0.4, -0.2) is 6.21 Å². The van der Waals surface area contributed by atoms with Crippen LogP contribution >= 0.6 is 34.8 Å². The Morgan fingerprint density at radius 3 is 2.11 bits per heavy atom. The molecule has 0 aliphatic rings. The first-order valence-electron chi connectivity index (χ1n) is 5.16. The minimum absolute atomic E-state index is 0.548. The van der Waals surface area contributed by atoms with Gasteiger partial charge in [-0.15, -0.1) is 0 Å². The normalized spacial score (nSPS) is 10.8. The van der Waals surface area contributed by atoms with Crippen molar-refractivity contribution in [1.29, 1.82) is 0 Å². The SMILES string of the molecule is Clc1ccccc1N/N=C\c1c(Cl)cccc1Cl. The molecule has 0 spiro atoms. The predicted octanol–water partition coefficient (Wildman–Crippen LogP) is 5.09. The van der Waals surface area contributed by atoms with Crippen molar-refractivity contribution in [1.82, 2.24) is 0 Å². The fourth-order valence-electron chi connectivity index (χ4n) is 1.35. The number of hydrazone groups is 1. The summed E-state index contributed by atoms with van der Waals surface area (Å²) in [5, 5.41) is 5.76. The Kier molecular flexibility index (Phi) is 4.48. The summed E-state index contributed by atoms with van der Waals surface area (Å²) in [7, 11) is 0. The minimum atomic E-state index is 0.548. The van der Waals surface area contributed by atoms with Crippen molar-refractivity contribution >= 4 is 46.7 Å². The third-order valence-electron chi connectivity index (χ3n) is 2.25. The molecule has 1 N–H and O–H groups in total. The van der Waals surface area contributed by atoms with Crippen molar-refractivity contribution in [2.24, 2.45) is 5.10 Å². The molecule has 2 aromatic carbocycles. The summed E-state index contributed by atoms with van der Waals surface area (Å²) in [6.07, 6.45) is 1.56. The molecule has 0 aliphatic carbocycles. The number of rotatable bonds is 3. The van der Waals surface area contributed by atoms with Gasteiger partial charge in [0.15, 0.2) is 0 Å². The van der Waals surface area contributed by atoms with Crippen LogP contribution in [-0.2, 0) is 0 Å². The molecule has 0 unspecified atom stereocenters. The minimum Gasteiger partial charge on any atom is -0.277 e. The molecular formula is C13H9Cl3N2. The standard InChI is InChI=1S/C13H9Cl3N2/c14-10-5-3-6-11(15)9(10)8-17-18-13-7-2-1-4-12(13)16/h1-8,18H/b17-8-. The summed E-state index contributed by atoms with van der Waals surface area (Å²) in [5.74, 6) is 0. The average molecular weight is 300 g/mol. The fourth-order valence-corrected chi connectivity index (χ4v) is 2.03. The highest BCUT2D eigenvalue weighted by atomic mass is 35.5. The van der Waals surface area contributed by atoms with E-state index in [-0.39, 0.29) is 0 Å². The molecule has 0 fully saturated rings. The van der Waals surface area contributed by atoms with E-state index in [0.717, 1.165) is 5.69 Å². The van der Waals surface area contributed by atoms with E-state index in [9.17, 15) is 0 Å². The predicted molar refractivity (Wildman–Crippen MR) is 79.1 cm³/mol. The second kappa shape index (κ2) is 6.10. The monoisotopic (exact) mass is 298 g/mol. The fraction of sp³-hybridized carbons (Fsp3) is 0. The maximum Gasteiger partial charge on any atom is 0.0748 e. The third-order valence-corrected chi connectivity index (χ3v) is 3.24. The van der Waals surface area contributed by atoms with Crippen LogP contribution in [0.15, 0.2) is 47.6 Å². The number of benzene rings is 2. The van der Waals surface area contributed by atoms with E-state index < -0.39 is 0 Å². The highest BCUT2D eigenvalue weighted by molar-refractivity contribution is 6.38. The van der Waals surface area contributed by atoms with Gasteiger partial charge in [0.05, 0.1) is 27.0 Å². The largest absolute Gasteiger partial charge is 0.277 e. The first-order valence-corrected chi connectivity index (χ1v) is 6.29. The van der Waals surface area contributed by atoms with Gasteiger partial charge in [0.1, 0.15) is 0 Å². The van der Waals surface area contributed by atoms with Crippen LogP contribution in [0.3, 0.4) is 0 Å². The smallest absolute Gasteiger partial charge is 0.0748 e. The molecule has 0 heterocycles. The number of halogens is 3. The van der Waals surface area contributed by atoms with Gasteiger partial charge in [-0.3, -0.25) is 5.43 Å². The second-order valence-corrected chi connectivity index (χ2v) is 4.71. The zero-order valence-electron chi connectivity index (χ0n) is 9.20. The quantitative estimate of drug-likeness (QED) is 0.619. The number of nitrogens with zero attached hydrogens (tertiary/aromatic N) is 1. The van der Waals surface area contributed by atoms with Gasteiger partial charge in [-0.25, -0.2) is 0 Å². The van der Waals surface area contributed by atoms with Crippen LogP contribution in [0.5, 0.6) is 0 Å². The van der Waals surface area contributed by atoms with E-state index in [1.165, 1.54) is 0 Å². The molecule has 2 rings (SSSR count). The first-order chi connectivity index (χ1) is 8.68. The summed E-state index contributed by atoms with van der Waals surface area (Å²) in [5.41, 5.74) is 4.22. The number of nitrogens with one attached hydrogen (secondary N) is 1. The molecule has 0 saturated carbocycles. The maximum atomic E-state index is 6.01. The Hall–Kier alpha value is -1.22. The number of para-hydroxylation sites is 1. The highest BCUT2D eigenvalue weighted by Gasteiger charge is 2.02. The molecule has 0 aromatic heterocycles. The van der Waals surface area contributed by atoms with Crippen molar-refractivity contribution in [2.45, 2.75) is 0 Å². The molecule has 2 nitrogen and oxygen atoms in total. The van der Waals surface area contributed by atoms with Crippen LogP contribution in [0.2, 0.25) is 15.1 Å². The Balaban J connectivity index is 2.15. The summed E-state index contributed by atoms with van der Waals surface area (Å²) in [4.78, 5) is 0. The molecule has 0 saturated heterocycles. The topological polar surface area (TPSA) is 24.4 Å². The lowest BCUT2D eigenvalue weighted by molar-refractivity contribution is 1.35. The van der Waals surface area contributed by atoms with Crippen molar-refractivity contribution in [3.05, 3.63) is 63.1 Å². The molecule has 18 heavy (non-hydrogen) atoms. The van der Waals surface area contributed by atoms with Crippen molar-refractivity contribution in [2.75, 3.05) is 5.43 Å². The van der Waals surface area contributed by atoms with Gasteiger partial charge in [-0.1, -0.05) is 53.0 Å². The molecular weight excluding hydrogens is 291 g/mol. The molecule has 0 radical (unpaired) electrons.